The quantitative estimate of drug-likeness (QED) is 0.275. The highest BCUT2D eigenvalue weighted by Crippen LogP contribution is 2.30. The Balaban J connectivity index is 0.000000492. The molecule has 9 nitrogen and oxygen atoms in total. The van der Waals surface area contributed by atoms with Crippen LogP contribution in [0.3, 0.4) is 0 Å². The number of benzene rings is 2. The van der Waals surface area contributed by atoms with Crippen molar-refractivity contribution in [2.24, 2.45) is 0 Å². The summed E-state index contributed by atoms with van der Waals surface area (Å²) in [4.78, 5) is 15.5. The topological polar surface area (TPSA) is 105 Å². The van der Waals surface area contributed by atoms with Crippen LogP contribution in [0.25, 0.3) is 10.9 Å². The molecule has 1 fully saturated rings. The normalized spacial score (nSPS) is 12.9. The molecular weight excluding hydrogens is 456 g/mol. The van der Waals surface area contributed by atoms with E-state index in [0.717, 1.165) is 28.4 Å². The summed E-state index contributed by atoms with van der Waals surface area (Å²) in [5.41, 5.74) is 2.35. The molecule has 36 heavy (non-hydrogen) atoms. The molecule has 1 saturated carbocycles. The summed E-state index contributed by atoms with van der Waals surface area (Å²) in [5.74, 6) is 2.21. The molecule has 1 aliphatic rings. The smallest absolute Gasteiger partial charge is 0.229 e. The van der Waals surface area contributed by atoms with E-state index in [0.29, 0.717) is 23.2 Å². The molecular formula is C27H36N6O3. The van der Waals surface area contributed by atoms with Crippen molar-refractivity contribution < 1.29 is 17.4 Å². The number of aromatic nitrogens is 3. The van der Waals surface area contributed by atoms with Crippen molar-refractivity contribution in [3.8, 4) is 17.2 Å². The van der Waals surface area contributed by atoms with E-state index in [9.17, 15) is 5.11 Å². The van der Waals surface area contributed by atoms with Crippen LogP contribution in [0.1, 0.15) is 22.1 Å². The third-order valence-corrected chi connectivity index (χ3v) is 6.06. The van der Waals surface area contributed by atoms with Crippen molar-refractivity contribution in [1.82, 2.24) is 19.9 Å². The zero-order chi connectivity index (χ0) is 25.5. The molecule has 9 heteroatoms. The number of ether oxygens (including phenoxy) is 2. The van der Waals surface area contributed by atoms with Crippen LogP contribution < -0.4 is 20.1 Å². The first-order chi connectivity index (χ1) is 17.4. The van der Waals surface area contributed by atoms with E-state index >= 15 is 0 Å². The number of methoxy groups -OCH3 is 2. The lowest BCUT2D eigenvalue weighted by molar-refractivity contribution is 0.193. The molecule has 2 aromatic carbocycles. The minimum atomic E-state index is 0. The Morgan fingerprint density at radius 1 is 0.944 bits per heavy atom. The van der Waals surface area contributed by atoms with Gasteiger partial charge < -0.3 is 30.1 Å². The Morgan fingerprint density at radius 2 is 1.78 bits per heavy atom. The Morgan fingerprint density at radius 3 is 2.44 bits per heavy atom. The highest BCUT2D eigenvalue weighted by molar-refractivity contribution is 5.83. The van der Waals surface area contributed by atoms with Crippen LogP contribution in [-0.2, 0) is 0 Å². The number of phenolic OH excluding ortho intramolecular Hbond substituents is 1. The highest BCUT2D eigenvalue weighted by Gasteiger charge is 2.18. The van der Waals surface area contributed by atoms with Gasteiger partial charge in [0.15, 0.2) is 11.5 Å². The number of hydrogen-bond donors (Lipinski definition) is 3. The van der Waals surface area contributed by atoms with E-state index in [2.05, 4.69) is 44.6 Å². The predicted octanol–water partition coefficient (Wildman–Crippen LogP) is 5.83. The van der Waals surface area contributed by atoms with E-state index in [-0.39, 0.29) is 8.60 Å². The number of nitrogens with zero attached hydrogens (tertiary/aromatic N) is 4. The van der Waals surface area contributed by atoms with Gasteiger partial charge in [-0.25, -0.2) is 4.98 Å². The molecule has 0 atom stereocenters. The van der Waals surface area contributed by atoms with E-state index in [4.69, 9.17) is 9.47 Å². The van der Waals surface area contributed by atoms with Crippen LogP contribution in [0.15, 0.2) is 60.9 Å². The molecule has 0 bridgehead atoms. The standard InChI is InChI=1S/C21H19N5O3.C6H13N.2H2/c1-28-16-5-3-13-9-15(12-23-17(13)11-16)24-20-7-8-22-21(26-20)25-14-4-6-18(27)19(10-14)29-2;1-7(2)6-4-3-5-6;;/h3-12,27H,1-2H3,(H2,22,24,25,26);6H,3-5H2,1-2H3;2*1H. The number of pyridine rings is 1. The van der Waals surface area contributed by atoms with Gasteiger partial charge >= 0.3 is 0 Å². The molecule has 2 heterocycles. The largest absolute Gasteiger partial charge is 0.504 e. The molecule has 4 aromatic rings. The van der Waals surface area contributed by atoms with Gasteiger partial charge in [-0.2, -0.15) is 4.98 Å². The molecule has 1 aliphatic carbocycles. The number of fused-ring (bicyclic) bond motifs is 1. The fourth-order valence-electron chi connectivity index (χ4n) is 3.72. The summed E-state index contributed by atoms with van der Waals surface area (Å²) in [5, 5.41) is 17.0. The van der Waals surface area contributed by atoms with E-state index in [1.54, 1.807) is 43.8 Å². The first kappa shape index (κ1) is 25.0. The number of rotatable bonds is 7. The molecule has 5 rings (SSSR count). The van der Waals surface area contributed by atoms with E-state index in [1.165, 1.54) is 26.4 Å². The molecule has 0 radical (unpaired) electrons. The van der Waals surface area contributed by atoms with Gasteiger partial charge in [0.25, 0.3) is 0 Å². The van der Waals surface area contributed by atoms with Gasteiger partial charge in [-0.3, -0.25) is 4.98 Å². The van der Waals surface area contributed by atoms with Gasteiger partial charge in [-0.1, -0.05) is 6.42 Å². The van der Waals surface area contributed by atoms with Gasteiger partial charge in [-0.05, 0) is 63.3 Å². The van der Waals surface area contributed by atoms with Crippen molar-refractivity contribution in [3.63, 3.8) is 0 Å². The summed E-state index contributed by atoms with van der Waals surface area (Å²) >= 11 is 0. The Hall–Kier alpha value is -4.11. The zero-order valence-corrected chi connectivity index (χ0v) is 21.0. The van der Waals surface area contributed by atoms with Crippen LogP contribution in [0, 0.1) is 0 Å². The number of nitrogens with one attached hydrogen (secondary N) is 2. The lowest BCUT2D eigenvalue weighted by Gasteiger charge is -2.31. The second-order valence-corrected chi connectivity index (χ2v) is 8.73. The molecule has 3 N–H and O–H groups in total. The Bertz CT molecular complexity index is 1320. The number of aromatic hydroxyl groups is 1. The first-order valence-corrected chi connectivity index (χ1v) is 11.8. The van der Waals surface area contributed by atoms with Crippen molar-refractivity contribution >= 4 is 34.0 Å². The van der Waals surface area contributed by atoms with Crippen LogP contribution in [0.4, 0.5) is 23.1 Å². The summed E-state index contributed by atoms with van der Waals surface area (Å²) in [7, 11) is 7.44. The fraction of sp³-hybridized carbons (Fsp3) is 0.296. The summed E-state index contributed by atoms with van der Waals surface area (Å²) in [6, 6.07) is 15.3. The van der Waals surface area contributed by atoms with Crippen molar-refractivity contribution in [3.05, 3.63) is 60.9 Å². The van der Waals surface area contributed by atoms with Crippen LogP contribution in [0.2, 0.25) is 0 Å². The minimum Gasteiger partial charge on any atom is -0.504 e. The maximum absolute atomic E-state index is 9.71. The Labute approximate surface area is 214 Å². The Kier molecular flexibility index (Phi) is 8.02. The number of anilines is 4. The van der Waals surface area contributed by atoms with Crippen LogP contribution in [0.5, 0.6) is 17.2 Å². The summed E-state index contributed by atoms with van der Waals surface area (Å²) in [6.45, 7) is 0. The van der Waals surface area contributed by atoms with Gasteiger partial charge in [0.05, 0.1) is 31.6 Å². The number of hydrogen-bond acceptors (Lipinski definition) is 9. The third kappa shape index (κ3) is 6.31. The third-order valence-electron chi connectivity index (χ3n) is 6.06. The maximum atomic E-state index is 9.71. The van der Waals surface area contributed by atoms with Crippen molar-refractivity contribution in [2.45, 2.75) is 25.3 Å². The van der Waals surface area contributed by atoms with Gasteiger partial charge in [0.1, 0.15) is 11.6 Å². The molecule has 0 aliphatic heterocycles. The average molecular weight is 493 g/mol. The molecule has 0 spiro atoms. The minimum absolute atomic E-state index is 0. The second kappa shape index (κ2) is 11.5. The zero-order valence-electron chi connectivity index (χ0n) is 21.0. The molecule has 0 unspecified atom stereocenters. The van der Waals surface area contributed by atoms with E-state index < -0.39 is 0 Å². The fourth-order valence-corrected chi connectivity index (χ4v) is 3.72. The summed E-state index contributed by atoms with van der Waals surface area (Å²) < 4.78 is 10.3. The molecule has 0 saturated heterocycles. The monoisotopic (exact) mass is 492 g/mol. The lowest BCUT2D eigenvalue weighted by atomic mass is 9.92. The highest BCUT2D eigenvalue weighted by atomic mass is 16.5. The van der Waals surface area contributed by atoms with E-state index in [1.807, 2.05) is 24.3 Å². The van der Waals surface area contributed by atoms with Crippen LogP contribution in [-0.4, -0.2) is 59.3 Å². The van der Waals surface area contributed by atoms with Crippen LogP contribution >= 0.6 is 0 Å². The van der Waals surface area contributed by atoms with Gasteiger partial charge in [0, 0.05) is 38.3 Å². The second-order valence-electron chi connectivity index (χ2n) is 8.73. The van der Waals surface area contributed by atoms with Crippen molar-refractivity contribution in [2.75, 3.05) is 38.9 Å². The predicted molar refractivity (Wildman–Crippen MR) is 147 cm³/mol. The summed E-state index contributed by atoms with van der Waals surface area (Å²) in [6.07, 6.45) is 7.68. The average Bonchev–Trinajstić information content (AvgIpc) is 2.84. The molecule has 192 valence electrons. The molecule has 0 amide bonds. The SMILES string of the molecule is CN(C)C1CCC1.COc1ccc2cc(Nc3ccnc(Nc4ccc(O)c(OC)c4)n3)cnc2c1.[HH].[HH]. The number of phenols is 1. The van der Waals surface area contributed by atoms with Gasteiger partial charge in [0.2, 0.25) is 5.95 Å². The van der Waals surface area contributed by atoms with Gasteiger partial charge in [-0.15, -0.1) is 0 Å². The molecule has 2 aromatic heterocycles. The van der Waals surface area contributed by atoms with Crippen molar-refractivity contribution in [1.29, 1.82) is 0 Å². The first-order valence-electron chi connectivity index (χ1n) is 11.8. The lowest BCUT2D eigenvalue weighted by Crippen LogP contribution is -2.33. The maximum Gasteiger partial charge on any atom is 0.229 e.